The number of ether oxygens (including phenoxy) is 5. The zero-order valence-corrected chi connectivity index (χ0v) is 20.5. The minimum absolute atomic E-state index is 0.210. The van der Waals surface area contributed by atoms with Crippen molar-refractivity contribution in [2.75, 3.05) is 35.0 Å². The number of methoxy groups -OCH3 is 4. The van der Waals surface area contributed by atoms with Gasteiger partial charge in [0.2, 0.25) is 11.4 Å². The third kappa shape index (κ3) is 4.91. The quantitative estimate of drug-likeness (QED) is 0.468. The molecule has 2 heterocycles. The van der Waals surface area contributed by atoms with Crippen LogP contribution in [-0.4, -0.2) is 35.0 Å². The van der Waals surface area contributed by atoms with Crippen LogP contribution in [-0.2, 0) is 4.74 Å². The van der Waals surface area contributed by atoms with Gasteiger partial charge in [-0.15, -0.1) is 4.57 Å². The largest absolute Gasteiger partial charge is 0.493 e. The molecule has 174 valence electrons. The predicted molar refractivity (Wildman–Crippen MR) is 128 cm³/mol. The molecule has 2 aromatic carbocycles. The van der Waals surface area contributed by atoms with Crippen LogP contribution in [0.5, 0.6) is 23.1 Å². The Bertz CT molecular complexity index is 994. The third-order valence-electron chi connectivity index (χ3n) is 4.84. The topological polar surface area (TPSA) is 50.0 Å². The van der Waals surface area contributed by atoms with Crippen LogP contribution in [0.15, 0.2) is 42.5 Å². The maximum atomic E-state index is 5.99. The SMILES string of the molecule is CC.CCC.COc1cc(-c2cc3ccccc3c3[n+]2C(OC)CO3)cc(OC)c1OC. The highest BCUT2D eigenvalue weighted by Crippen LogP contribution is 2.42. The molecule has 1 atom stereocenters. The van der Waals surface area contributed by atoms with Gasteiger partial charge in [0.15, 0.2) is 18.1 Å². The zero-order chi connectivity index (χ0) is 23.7. The Morgan fingerprint density at radius 3 is 2.03 bits per heavy atom. The van der Waals surface area contributed by atoms with Crippen LogP contribution in [0.3, 0.4) is 0 Å². The maximum absolute atomic E-state index is 5.99. The lowest BCUT2D eigenvalue weighted by molar-refractivity contribution is -0.731. The Hall–Kier alpha value is -2.99. The first-order chi connectivity index (χ1) is 15.6. The molecule has 0 bridgehead atoms. The van der Waals surface area contributed by atoms with E-state index in [2.05, 4.69) is 36.6 Å². The number of hydrogen-bond acceptors (Lipinski definition) is 5. The van der Waals surface area contributed by atoms with Crippen molar-refractivity contribution in [3.8, 4) is 34.4 Å². The van der Waals surface area contributed by atoms with Crippen molar-refractivity contribution in [2.45, 2.75) is 40.3 Å². The number of hydrogen-bond donors (Lipinski definition) is 0. The second-order valence-electron chi connectivity index (χ2n) is 6.91. The normalized spacial score (nSPS) is 13.7. The van der Waals surface area contributed by atoms with E-state index >= 15 is 0 Å². The molecule has 0 amide bonds. The van der Waals surface area contributed by atoms with Crippen LogP contribution in [0.4, 0.5) is 0 Å². The second-order valence-corrected chi connectivity index (χ2v) is 6.91. The van der Waals surface area contributed by atoms with E-state index in [1.165, 1.54) is 6.42 Å². The molecule has 1 aliphatic heterocycles. The van der Waals surface area contributed by atoms with Crippen LogP contribution >= 0.6 is 0 Å². The fourth-order valence-corrected chi connectivity index (χ4v) is 3.56. The van der Waals surface area contributed by atoms with Crippen LogP contribution in [0.2, 0.25) is 0 Å². The van der Waals surface area contributed by atoms with E-state index in [1.807, 2.05) is 38.1 Å². The van der Waals surface area contributed by atoms with Gasteiger partial charge in [-0.05, 0) is 23.6 Å². The summed E-state index contributed by atoms with van der Waals surface area (Å²) in [6.07, 6.45) is 1.04. The van der Waals surface area contributed by atoms with E-state index in [0.717, 1.165) is 27.9 Å². The van der Waals surface area contributed by atoms with Crippen LogP contribution in [0.1, 0.15) is 40.3 Å². The van der Waals surface area contributed by atoms with Gasteiger partial charge in [-0.1, -0.05) is 52.3 Å². The first kappa shape index (κ1) is 25.3. The summed E-state index contributed by atoms with van der Waals surface area (Å²) in [6, 6.07) is 14.1. The van der Waals surface area contributed by atoms with Gasteiger partial charge in [-0.3, -0.25) is 0 Å². The van der Waals surface area contributed by atoms with Gasteiger partial charge in [-0.25, -0.2) is 0 Å². The van der Waals surface area contributed by atoms with Crippen molar-refractivity contribution in [3.63, 3.8) is 0 Å². The van der Waals surface area contributed by atoms with Gasteiger partial charge >= 0.3 is 12.1 Å². The van der Waals surface area contributed by atoms with Crippen molar-refractivity contribution in [2.24, 2.45) is 0 Å². The van der Waals surface area contributed by atoms with Crippen LogP contribution in [0, 0.1) is 0 Å². The summed E-state index contributed by atoms with van der Waals surface area (Å²) < 4.78 is 30.2. The summed E-state index contributed by atoms with van der Waals surface area (Å²) >= 11 is 0. The first-order valence-electron chi connectivity index (χ1n) is 11.1. The number of benzene rings is 2. The highest BCUT2D eigenvalue weighted by Gasteiger charge is 2.38. The van der Waals surface area contributed by atoms with Crippen molar-refractivity contribution in [1.29, 1.82) is 0 Å². The zero-order valence-electron chi connectivity index (χ0n) is 20.5. The van der Waals surface area contributed by atoms with E-state index < -0.39 is 0 Å². The molecular weight excluding hydrogens is 406 g/mol. The Balaban J connectivity index is 0.000000671. The summed E-state index contributed by atoms with van der Waals surface area (Å²) in [4.78, 5) is 0. The molecule has 6 nitrogen and oxygen atoms in total. The highest BCUT2D eigenvalue weighted by atomic mass is 16.6. The molecule has 0 N–H and O–H groups in total. The van der Waals surface area contributed by atoms with Gasteiger partial charge in [0.25, 0.3) is 0 Å². The van der Waals surface area contributed by atoms with Gasteiger partial charge in [0.05, 0.1) is 32.3 Å². The minimum Gasteiger partial charge on any atom is -0.493 e. The monoisotopic (exact) mass is 442 g/mol. The molecular formula is C26H36NO5+. The molecule has 1 aliphatic rings. The molecule has 32 heavy (non-hydrogen) atoms. The molecule has 3 aromatic rings. The van der Waals surface area contributed by atoms with Gasteiger partial charge in [0.1, 0.15) is 0 Å². The molecule has 0 spiro atoms. The molecule has 0 aliphatic carbocycles. The number of aromatic nitrogens is 1. The van der Waals surface area contributed by atoms with Gasteiger partial charge in [-0.2, -0.15) is 0 Å². The van der Waals surface area contributed by atoms with Crippen LogP contribution < -0.4 is 23.5 Å². The van der Waals surface area contributed by atoms with Crippen LogP contribution in [0.25, 0.3) is 22.0 Å². The summed E-state index contributed by atoms with van der Waals surface area (Å²) in [5, 5.41) is 2.14. The summed E-state index contributed by atoms with van der Waals surface area (Å²) in [6.45, 7) is 8.71. The summed E-state index contributed by atoms with van der Waals surface area (Å²) in [5.41, 5.74) is 1.87. The lowest BCUT2D eigenvalue weighted by Crippen LogP contribution is -2.39. The Morgan fingerprint density at radius 1 is 0.906 bits per heavy atom. The van der Waals surface area contributed by atoms with E-state index in [1.54, 1.807) is 28.4 Å². The smallest absolute Gasteiger partial charge is 0.379 e. The molecule has 1 aromatic heterocycles. The Labute approximate surface area is 191 Å². The fourth-order valence-electron chi connectivity index (χ4n) is 3.56. The fraction of sp³-hybridized carbons (Fsp3) is 0.423. The molecule has 0 saturated heterocycles. The Morgan fingerprint density at radius 2 is 1.50 bits per heavy atom. The standard InChI is InChI=1S/C21H22NO5.C3H8.C2H6/c1-23-17-10-14(11-18(24-2)20(17)26-4)16-9-13-7-5-6-8-15(13)21-22(16)19(25-3)12-27-21;1-3-2;1-2/h5-11,19H,12H2,1-4H3;3H2,1-2H3;1-2H3/q+1;;. The molecule has 0 saturated carbocycles. The molecule has 0 fully saturated rings. The summed E-state index contributed by atoms with van der Waals surface area (Å²) in [7, 11) is 6.50. The van der Waals surface area contributed by atoms with E-state index in [-0.39, 0.29) is 6.23 Å². The van der Waals surface area contributed by atoms with Crippen molar-refractivity contribution in [3.05, 3.63) is 42.5 Å². The Kier molecular flexibility index (Phi) is 9.60. The number of nitrogens with zero attached hydrogens (tertiary/aromatic N) is 1. The minimum atomic E-state index is -0.210. The first-order valence-corrected chi connectivity index (χ1v) is 11.1. The van der Waals surface area contributed by atoms with E-state index in [4.69, 9.17) is 23.7 Å². The van der Waals surface area contributed by atoms with Gasteiger partial charge < -0.3 is 23.7 Å². The number of rotatable bonds is 5. The second kappa shape index (κ2) is 12.2. The molecule has 6 heteroatoms. The van der Waals surface area contributed by atoms with Crippen molar-refractivity contribution >= 4 is 10.8 Å². The molecule has 0 radical (unpaired) electrons. The average molecular weight is 443 g/mol. The lowest BCUT2D eigenvalue weighted by Gasteiger charge is -2.14. The summed E-state index contributed by atoms with van der Waals surface area (Å²) in [5.74, 6) is 2.55. The van der Waals surface area contributed by atoms with E-state index in [9.17, 15) is 0 Å². The molecule has 4 rings (SSSR count). The third-order valence-corrected chi connectivity index (χ3v) is 4.84. The maximum Gasteiger partial charge on any atom is 0.379 e. The predicted octanol–water partition coefficient (Wildman–Crippen LogP) is 5.80. The average Bonchev–Trinajstić information content (AvgIpc) is 3.29. The van der Waals surface area contributed by atoms with Gasteiger partial charge in [0, 0.05) is 13.2 Å². The lowest BCUT2D eigenvalue weighted by atomic mass is 10.0. The van der Waals surface area contributed by atoms with Crippen molar-refractivity contribution in [1.82, 2.24) is 0 Å². The van der Waals surface area contributed by atoms with Crippen molar-refractivity contribution < 1.29 is 28.3 Å². The highest BCUT2D eigenvalue weighted by molar-refractivity contribution is 5.88. The number of fused-ring (bicyclic) bond motifs is 3. The molecule has 1 unspecified atom stereocenters. The number of pyridine rings is 1. The van der Waals surface area contributed by atoms with E-state index in [0.29, 0.717) is 23.9 Å².